The second-order valence-electron chi connectivity index (χ2n) is 9.13. The van der Waals surface area contributed by atoms with Gasteiger partial charge in [-0.3, -0.25) is 14.9 Å². The first-order valence-electron chi connectivity index (χ1n) is 12.2. The summed E-state index contributed by atoms with van der Waals surface area (Å²) in [4.78, 5) is 37.5. The predicted octanol–water partition coefficient (Wildman–Crippen LogP) is 4.75. The van der Waals surface area contributed by atoms with Gasteiger partial charge in [0.15, 0.2) is 0 Å². The number of amides is 1. The number of ether oxygens (including phenoxy) is 1. The summed E-state index contributed by atoms with van der Waals surface area (Å²) in [5, 5.41) is 12.7. The normalized spacial score (nSPS) is 15.7. The second-order valence-corrected chi connectivity index (χ2v) is 11.4. The van der Waals surface area contributed by atoms with Crippen LogP contribution in [0.25, 0.3) is 6.08 Å². The first-order chi connectivity index (χ1) is 19.1. The van der Waals surface area contributed by atoms with Gasteiger partial charge in [0.1, 0.15) is 0 Å². The molecule has 1 amide bonds. The maximum Gasteiger partial charge on any atom is 0.337 e. The van der Waals surface area contributed by atoms with Crippen LogP contribution in [0, 0.1) is 10.1 Å². The maximum absolute atomic E-state index is 13.6. The molecule has 4 rings (SSSR count). The predicted molar refractivity (Wildman–Crippen MR) is 150 cm³/mol. The van der Waals surface area contributed by atoms with Crippen molar-refractivity contribution in [1.29, 1.82) is 0 Å². The zero-order valence-corrected chi connectivity index (χ0v) is 23.0. The molecule has 1 aliphatic rings. The number of carbonyl (C=O) groups excluding carboxylic acids is 2. The lowest BCUT2D eigenvalue weighted by Crippen LogP contribution is -2.42. The number of nitro groups is 1. The van der Waals surface area contributed by atoms with Crippen LogP contribution in [0.3, 0.4) is 0 Å². The number of sulfonamides is 1. The first-order valence-corrected chi connectivity index (χ1v) is 14.1. The molecule has 1 aliphatic heterocycles. The summed E-state index contributed by atoms with van der Waals surface area (Å²) in [6.07, 6.45) is 1.88. The Morgan fingerprint density at radius 1 is 1.05 bits per heavy atom. The Morgan fingerprint density at radius 3 is 2.27 bits per heavy atom. The standard InChI is InChI=1S/C28H26ClN3O7S/c1-39-28(34)23-6-2-21(3-7-23)18-31(27(33)22-8-12-25(13-9-22)32(35)36)26-14-16-30(19-26)40(37,38)17-15-20-4-10-24(29)11-5-20/h2-13,15,17,26H,14,16,18-19H2,1H3. The van der Waals surface area contributed by atoms with Gasteiger partial charge in [-0.05, 0) is 60.0 Å². The van der Waals surface area contributed by atoms with Crippen LogP contribution in [0.2, 0.25) is 5.02 Å². The van der Waals surface area contributed by atoms with Crippen molar-refractivity contribution in [3.63, 3.8) is 0 Å². The highest BCUT2D eigenvalue weighted by atomic mass is 35.5. The third-order valence-corrected chi connectivity index (χ3v) is 8.33. The van der Waals surface area contributed by atoms with Crippen molar-refractivity contribution in [2.75, 3.05) is 20.2 Å². The van der Waals surface area contributed by atoms with Crippen LogP contribution in [0.15, 0.2) is 78.2 Å². The Balaban J connectivity index is 1.56. The molecule has 1 saturated heterocycles. The molecule has 10 nitrogen and oxygen atoms in total. The molecule has 0 N–H and O–H groups in total. The number of halogens is 1. The van der Waals surface area contributed by atoms with Crippen LogP contribution in [-0.4, -0.2) is 60.7 Å². The molecule has 1 heterocycles. The number of methoxy groups -OCH3 is 1. The van der Waals surface area contributed by atoms with Gasteiger partial charge in [0.2, 0.25) is 10.0 Å². The Kier molecular flexibility index (Phi) is 8.98. The molecule has 0 aliphatic carbocycles. The van der Waals surface area contributed by atoms with E-state index in [0.29, 0.717) is 28.1 Å². The number of carbonyl (C=O) groups is 2. The summed E-state index contributed by atoms with van der Waals surface area (Å²) in [6, 6.07) is 18.1. The highest BCUT2D eigenvalue weighted by Crippen LogP contribution is 2.25. The molecule has 1 unspecified atom stereocenters. The molecule has 40 heavy (non-hydrogen) atoms. The van der Waals surface area contributed by atoms with E-state index in [9.17, 15) is 28.1 Å². The number of esters is 1. The average molecular weight is 584 g/mol. The number of non-ortho nitro benzene ring substituents is 1. The summed E-state index contributed by atoms with van der Waals surface area (Å²) in [6.45, 7) is 0.423. The Morgan fingerprint density at radius 2 is 1.68 bits per heavy atom. The zero-order valence-electron chi connectivity index (χ0n) is 21.5. The highest BCUT2D eigenvalue weighted by Gasteiger charge is 2.36. The van der Waals surface area contributed by atoms with E-state index >= 15 is 0 Å². The minimum atomic E-state index is -3.78. The van der Waals surface area contributed by atoms with Gasteiger partial charge >= 0.3 is 5.97 Å². The summed E-state index contributed by atoms with van der Waals surface area (Å²) in [7, 11) is -2.49. The Bertz CT molecular complexity index is 1520. The van der Waals surface area contributed by atoms with Crippen molar-refractivity contribution < 1.29 is 27.7 Å². The molecule has 3 aromatic rings. The quantitative estimate of drug-likeness (QED) is 0.202. The highest BCUT2D eigenvalue weighted by molar-refractivity contribution is 7.92. The Labute approximate surface area is 236 Å². The van der Waals surface area contributed by atoms with E-state index in [1.54, 1.807) is 53.4 Å². The van der Waals surface area contributed by atoms with Gasteiger partial charge in [0.25, 0.3) is 11.6 Å². The van der Waals surface area contributed by atoms with Crippen LogP contribution >= 0.6 is 11.6 Å². The number of nitrogens with zero attached hydrogens (tertiary/aromatic N) is 3. The summed E-state index contributed by atoms with van der Waals surface area (Å²) < 4.78 is 32.2. The van der Waals surface area contributed by atoms with Gasteiger partial charge in [-0.1, -0.05) is 35.9 Å². The van der Waals surface area contributed by atoms with Crippen LogP contribution in [-0.2, 0) is 21.3 Å². The van der Waals surface area contributed by atoms with Crippen molar-refractivity contribution in [2.24, 2.45) is 0 Å². The van der Waals surface area contributed by atoms with Gasteiger partial charge in [-0.25, -0.2) is 13.2 Å². The number of benzene rings is 3. The molecule has 1 atom stereocenters. The molecule has 0 spiro atoms. The van der Waals surface area contributed by atoms with Gasteiger partial charge in [0.05, 0.1) is 17.6 Å². The van der Waals surface area contributed by atoms with E-state index in [2.05, 4.69) is 0 Å². The fourth-order valence-corrected chi connectivity index (χ4v) is 5.71. The smallest absolute Gasteiger partial charge is 0.337 e. The summed E-state index contributed by atoms with van der Waals surface area (Å²) in [5.74, 6) is -0.887. The Hall–Kier alpha value is -4.06. The fourth-order valence-electron chi connectivity index (χ4n) is 4.34. The van der Waals surface area contributed by atoms with Crippen molar-refractivity contribution in [1.82, 2.24) is 9.21 Å². The minimum Gasteiger partial charge on any atom is -0.465 e. The van der Waals surface area contributed by atoms with Crippen molar-refractivity contribution in [2.45, 2.75) is 19.0 Å². The van der Waals surface area contributed by atoms with Crippen molar-refractivity contribution in [3.8, 4) is 0 Å². The second kappa shape index (κ2) is 12.4. The van der Waals surface area contributed by atoms with Crippen LogP contribution < -0.4 is 0 Å². The SMILES string of the molecule is COC(=O)c1ccc(CN(C(=O)c2ccc([N+](=O)[O-])cc2)C2CCN(S(=O)(=O)C=Cc3ccc(Cl)cc3)C2)cc1. The summed E-state index contributed by atoms with van der Waals surface area (Å²) >= 11 is 5.90. The van der Waals surface area contributed by atoms with Crippen molar-refractivity contribution >= 4 is 45.3 Å². The third-order valence-electron chi connectivity index (χ3n) is 6.54. The molecular formula is C28H26ClN3O7S. The molecule has 3 aromatic carbocycles. The lowest BCUT2D eigenvalue weighted by molar-refractivity contribution is -0.384. The average Bonchev–Trinajstić information content (AvgIpc) is 3.46. The number of rotatable bonds is 9. The minimum absolute atomic E-state index is 0.0757. The lowest BCUT2D eigenvalue weighted by Gasteiger charge is -2.29. The molecule has 0 bridgehead atoms. The molecule has 1 fully saturated rings. The largest absolute Gasteiger partial charge is 0.465 e. The van der Waals surface area contributed by atoms with Gasteiger partial charge < -0.3 is 9.64 Å². The number of nitro benzene ring substituents is 1. The molecule has 0 aromatic heterocycles. The molecule has 208 valence electrons. The fraction of sp³-hybridized carbons (Fsp3) is 0.214. The van der Waals surface area contributed by atoms with E-state index in [-0.39, 0.29) is 30.9 Å². The zero-order chi connectivity index (χ0) is 28.9. The maximum atomic E-state index is 13.6. The number of hydrogen-bond donors (Lipinski definition) is 0. The van der Waals surface area contributed by atoms with Crippen molar-refractivity contribution in [3.05, 3.63) is 116 Å². The molecule has 0 radical (unpaired) electrons. The van der Waals surface area contributed by atoms with Crippen LogP contribution in [0.1, 0.15) is 38.3 Å². The number of hydrogen-bond acceptors (Lipinski definition) is 7. The third kappa shape index (κ3) is 6.92. The lowest BCUT2D eigenvalue weighted by atomic mass is 10.1. The first kappa shape index (κ1) is 28.9. The monoisotopic (exact) mass is 583 g/mol. The van der Waals surface area contributed by atoms with Gasteiger partial charge in [-0.2, -0.15) is 4.31 Å². The molecule has 12 heteroatoms. The van der Waals surface area contributed by atoms with E-state index in [0.717, 1.165) is 5.41 Å². The van der Waals surface area contributed by atoms with E-state index in [1.165, 1.54) is 41.8 Å². The van der Waals surface area contributed by atoms with Crippen LogP contribution in [0.4, 0.5) is 5.69 Å². The van der Waals surface area contributed by atoms with E-state index in [4.69, 9.17) is 16.3 Å². The molecular weight excluding hydrogens is 558 g/mol. The van der Waals surface area contributed by atoms with Gasteiger partial charge in [0, 0.05) is 53.8 Å². The molecule has 0 saturated carbocycles. The topological polar surface area (TPSA) is 127 Å². The van der Waals surface area contributed by atoms with E-state index < -0.39 is 32.9 Å². The van der Waals surface area contributed by atoms with Crippen LogP contribution in [0.5, 0.6) is 0 Å². The van der Waals surface area contributed by atoms with Gasteiger partial charge in [-0.15, -0.1) is 0 Å². The summed E-state index contributed by atoms with van der Waals surface area (Å²) in [5.41, 5.74) is 1.83. The van der Waals surface area contributed by atoms with E-state index in [1.807, 2.05) is 0 Å².